The number of aromatic hydroxyl groups is 1. The Morgan fingerprint density at radius 3 is 2.56 bits per heavy atom. The summed E-state index contributed by atoms with van der Waals surface area (Å²) in [5.74, 6) is -0.161. The van der Waals surface area contributed by atoms with Crippen LogP contribution in [0.5, 0.6) is 5.75 Å². The Morgan fingerprint density at radius 2 is 1.74 bits per heavy atom. The molecule has 0 bridgehead atoms. The van der Waals surface area contributed by atoms with Crippen molar-refractivity contribution in [1.82, 2.24) is 0 Å². The van der Waals surface area contributed by atoms with Crippen molar-refractivity contribution in [1.29, 1.82) is 0 Å². The lowest BCUT2D eigenvalue weighted by Crippen LogP contribution is -1.97. The van der Waals surface area contributed by atoms with Gasteiger partial charge in [-0.05, 0) is 85.9 Å². The molecule has 2 aromatic carbocycles. The number of aliphatic hydroxyl groups excluding tert-OH is 1. The number of allylic oxidation sites excluding steroid dienone is 2. The van der Waals surface area contributed by atoms with E-state index < -0.39 is 0 Å². The summed E-state index contributed by atoms with van der Waals surface area (Å²) in [7, 11) is 0. The second-order valence-corrected chi connectivity index (χ2v) is 7.52. The van der Waals surface area contributed by atoms with Gasteiger partial charge in [-0.25, -0.2) is 4.39 Å². The van der Waals surface area contributed by atoms with Gasteiger partial charge in [0.15, 0.2) is 0 Å². The Kier molecular flexibility index (Phi) is 6.68. The van der Waals surface area contributed by atoms with Crippen molar-refractivity contribution in [3.63, 3.8) is 0 Å². The fourth-order valence-electron chi connectivity index (χ4n) is 4.09. The van der Waals surface area contributed by atoms with Crippen LogP contribution in [0.1, 0.15) is 67.2 Å². The molecule has 0 amide bonds. The molecule has 0 aliphatic heterocycles. The molecule has 3 heteroatoms. The summed E-state index contributed by atoms with van der Waals surface area (Å²) in [6, 6.07) is 10.9. The minimum Gasteiger partial charge on any atom is -0.508 e. The van der Waals surface area contributed by atoms with Crippen LogP contribution in [0, 0.1) is 12.7 Å². The van der Waals surface area contributed by atoms with Crippen LogP contribution in [0.2, 0.25) is 0 Å². The molecule has 3 rings (SSSR count). The maximum absolute atomic E-state index is 14.6. The van der Waals surface area contributed by atoms with Gasteiger partial charge < -0.3 is 10.2 Å². The largest absolute Gasteiger partial charge is 0.508 e. The van der Waals surface area contributed by atoms with E-state index in [1.54, 1.807) is 6.07 Å². The molecular weight excluding hydrogens is 339 g/mol. The number of unbranched alkanes of at least 4 members (excludes halogenated alkanes) is 3. The number of hydrogen-bond acceptors (Lipinski definition) is 2. The van der Waals surface area contributed by atoms with Crippen molar-refractivity contribution in [3.05, 3.63) is 64.5 Å². The molecule has 0 radical (unpaired) electrons. The van der Waals surface area contributed by atoms with E-state index in [9.17, 15) is 9.50 Å². The standard InChI is InChI=1S/C24H29FO2/c1-17-10-12-20-18(15-17)7-6-9-22(21(20)8-4-2-3-5-14-26)23-16-19(27)11-13-24(23)25/h10-13,15-16,26-27H,2-9,14H2,1H3. The van der Waals surface area contributed by atoms with Crippen molar-refractivity contribution in [2.75, 3.05) is 6.61 Å². The molecular formula is C24H29FO2. The molecule has 1 aliphatic rings. The van der Waals surface area contributed by atoms with Crippen LogP contribution in [0.15, 0.2) is 36.4 Å². The number of benzene rings is 2. The van der Waals surface area contributed by atoms with Crippen LogP contribution >= 0.6 is 0 Å². The lowest BCUT2D eigenvalue weighted by atomic mass is 9.88. The zero-order valence-corrected chi connectivity index (χ0v) is 16.1. The van der Waals surface area contributed by atoms with E-state index in [-0.39, 0.29) is 18.2 Å². The van der Waals surface area contributed by atoms with E-state index in [4.69, 9.17) is 5.11 Å². The number of phenols is 1. The summed E-state index contributed by atoms with van der Waals surface area (Å²) < 4.78 is 14.6. The lowest BCUT2D eigenvalue weighted by molar-refractivity contribution is 0.282. The van der Waals surface area contributed by atoms with Gasteiger partial charge in [-0.1, -0.05) is 36.6 Å². The van der Waals surface area contributed by atoms with Gasteiger partial charge in [-0.2, -0.15) is 0 Å². The van der Waals surface area contributed by atoms with Crippen LogP contribution in [0.4, 0.5) is 4.39 Å². The Morgan fingerprint density at radius 1 is 0.926 bits per heavy atom. The number of hydrogen-bond donors (Lipinski definition) is 2. The van der Waals surface area contributed by atoms with Gasteiger partial charge in [0.25, 0.3) is 0 Å². The van der Waals surface area contributed by atoms with Gasteiger partial charge >= 0.3 is 0 Å². The maximum atomic E-state index is 14.6. The molecule has 0 aromatic heterocycles. The molecule has 144 valence electrons. The first kappa shape index (κ1) is 19.6. The van der Waals surface area contributed by atoms with Crippen LogP contribution in [0.3, 0.4) is 0 Å². The fraction of sp³-hybridized carbons (Fsp3) is 0.417. The van der Waals surface area contributed by atoms with E-state index >= 15 is 0 Å². The first-order chi connectivity index (χ1) is 13.1. The highest BCUT2D eigenvalue weighted by molar-refractivity contribution is 5.92. The summed E-state index contributed by atoms with van der Waals surface area (Å²) in [6.45, 7) is 2.35. The molecule has 0 heterocycles. The van der Waals surface area contributed by atoms with Gasteiger partial charge in [0, 0.05) is 12.2 Å². The smallest absolute Gasteiger partial charge is 0.130 e. The first-order valence-electron chi connectivity index (χ1n) is 10.0. The molecule has 2 N–H and O–H groups in total. The molecule has 0 saturated heterocycles. The summed E-state index contributed by atoms with van der Waals surface area (Å²) in [5.41, 5.74) is 6.62. The van der Waals surface area contributed by atoms with Crippen LogP contribution in [-0.2, 0) is 6.42 Å². The van der Waals surface area contributed by atoms with Gasteiger partial charge in [0.05, 0.1) is 0 Å². The lowest BCUT2D eigenvalue weighted by Gasteiger charge is -2.17. The molecule has 0 unspecified atom stereocenters. The number of aryl methyl sites for hydroxylation is 2. The average molecular weight is 368 g/mol. The molecule has 0 saturated carbocycles. The average Bonchev–Trinajstić information content (AvgIpc) is 2.82. The van der Waals surface area contributed by atoms with Crippen molar-refractivity contribution in [2.24, 2.45) is 0 Å². The minimum atomic E-state index is -0.267. The second kappa shape index (κ2) is 9.18. The monoisotopic (exact) mass is 368 g/mol. The molecule has 2 aromatic rings. The highest BCUT2D eigenvalue weighted by atomic mass is 19.1. The Labute approximate surface area is 161 Å². The summed E-state index contributed by atoms with van der Waals surface area (Å²) in [4.78, 5) is 0. The maximum Gasteiger partial charge on any atom is 0.130 e. The Balaban J connectivity index is 2.03. The van der Waals surface area contributed by atoms with Crippen molar-refractivity contribution < 1.29 is 14.6 Å². The SMILES string of the molecule is Cc1ccc2c(c1)CCCC(c1cc(O)ccc1F)=C2CCCCCCO. The van der Waals surface area contributed by atoms with Gasteiger partial charge in [0.1, 0.15) is 11.6 Å². The molecule has 27 heavy (non-hydrogen) atoms. The van der Waals surface area contributed by atoms with Crippen LogP contribution in [-0.4, -0.2) is 16.8 Å². The molecule has 2 nitrogen and oxygen atoms in total. The number of fused-ring (bicyclic) bond motifs is 1. The van der Waals surface area contributed by atoms with Crippen LogP contribution < -0.4 is 0 Å². The molecule has 0 atom stereocenters. The predicted octanol–water partition coefficient (Wildman–Crippen LogP) is 6.03. The third-order valence-electron chi connectivity index (χ3n) is 5.43. The van der Waals surface area contributed by atoms with Crippen molar-refractivity contribution in [2.45, 2.75) is 58.3 Å². The minimum absolute atomic E-state index is 0.106. The van der Waals surface area contributed by atoms with E-state index in [0.29, 0.717) is 5.56 Å². The fourth-order valence-corrected chi connectivity index (χ4v) is 4.09. The van der Waals surface area contributed by atoms with Gasteiger partial charge in [0.2, 0.25) is 0 Å². The first-order valence-corrected chi connectivity index (χ1v) is 10.0. The zero-order chi connectivity index (χ0) is 19.2. The van der Waals surface area contributed by atoms with E-state index in [0.717, 1.165) is 56.9 Å². The third kappa shape index (κ3) is 4.78. The quantitative estimate of drug-likeness (QED) is 0.586. The Hall–Kier alpha value is -2.13. The van der Waals surface area contributed by atoms with Crippen molar-refractivity contribution in [3.8, 4) is 5.75 Å². The van der Waals surface area contributed by atoms with E-state index in [1.165, 1.54) is 34.4 Å². The molecule has 0 fully saturated rings. The number of rotatable bonds is 7. The van der Waals surface area contributed by atoms with E-state index in [1.807, 2.05) is 0 Å². The van der Waals surface area contributed by atoms with E-state index in [2.05, 4.69) is 25.1 Å². The molecule has 0 spiro atoms. The van der Waals surface area contributed by atoms with Crippen LogP contribution in [0.25, 0.3) is 11.1 Å². The highest BCUT2D eigenvalue weighted by Crippen LogP contribution is 2.40. The van der Waals surface area contributed by atoms with Gasteiger partial charge in [-0.3, -0.25) is 0 Å². The second-order valence-electron chi connectivity index (χ2n) is 7.52. The highest BCUT2D eigenvalue weighted by Gasteiger charge is 2.20. The normalized spacial score (nSPS) is 14.2. The Bertz CT molecular complexity index is 823. The zero-order valence-electron chi connectivity index (χ0n) is 16.1. The number of halogens is 1. The van der Waals surface area contributed by atoms with Gasteiger partial charge in [-0.15, -0.1) is 0 Å². The predicted molar refractivity (Wildman–Crippen MR) is 109 cm³/mol. The van der Waals surface area contributed by atoms with Crippen molar-refractivity contribution >= 4 is 11.1 Å². The number of phenolic OH excluding ortho intramolecular Hbond substituents is 1. The number of aliphatic hydroxyl groups is 1. The third-order valence-corrected chi connectivity index (χ3v) is 5.43. The summed E-state index contributed by atoms with van der Waals surface area (Å²) in [6.07, 6.45) is 7.62. The summed E-state index contributed by atoms with van der Waals surface area (Å²) >= 11 is 0. The molecule has 1 aliphatic carbocycles. The summed E-state index contributed by atoms with van der Waals surface area (Å²) in [5, 5.41) is 18.9. The topological polar surface area (TPSA) is 40.5 Å².